The minimum atomic E-state index is -3.56. The summed E-state index contributed by atoms with van der Waals surface area (Å²) in [6.07, 6.45) is 5.67. The molecule has 2 heterocycles. The number of primary amides is 1. The first-order valence-electron chi connectivity index (χ1n) is 16.2. The van der Waals surface area contributed by atoms with E-state index in [1.165, 1.54) is 4.90 Å². The summed E-state index contributed by atoms with van der Waals surface area (Å²) in [4.78, 5) is 66.9. The molecule has 2 saturated heterocycles. The van der Waals surface area contributed by atoms with Gasteiger partial charge in [-0.05, 0) is 51.4 Å². The van der Waals surface area contributed by atoms with E-state index < -0.39 is 79.3 Å². The van der Waals surface area contributed by atoms with E-state index in [0.29, 0.717) is 19.3 Å². The molecule has 2 unspecified atom stereocenters. The van der Waals surface area contributed by atoms with Gasteiger partial charge in [-0.15, -0.1) is 0 Å². The molecule has 0 aromatic carbocycles. The number of ketones is 1. The molecule has 2 aliphatic heterocycles. The number of nitrogens with two attached hydrogens (primary N) is 1. The maximum Gasteiger partial charge on any atom is 0.315 e. The van der Waals surface area contributed by atoms with Gasteiger partial charge in [-0.3, -0.25) is 19.2 Å². The van der Waals surface area contributed by atoms with Crippen molar-refractivity contribution in [3.8, 4) is 0 Å². The van der Waals surface area contributed by atoms with Crippen LogP contribution in [-0.2, 0) is 33.8 Å². The number of nitrogens with one attached hydrogen (secondary N) is 3. The van der Waals surface area contributed by atoms with Gasteiger partial charge in [-0.25, -0.2) is 13.2 Å². The second-order valence-corrected chi connectivity index (χ2v) is 18.2. The van der Waals surface area contributed by atoms with Crippen molar-refractivity contribution in [2.75, 3.05) is 12.3 Å². The zero-order valence-corrected chi connectivity index (χ0v) is 28.3. The van der Waals surface area contributed by atoms with Gasteiger partial charge in [-0.1, -0.05) is 59.3 Å². The van der Waals surface area contributed by atoms with E-state index >= 15 is 0 Å². The average Bonchev–Trinajstić information content (AvgIpc) is 3.55. The maximum absolute atomic E-state index is 14.1. The van der Waals surface area contributed by atoms with Crippen LogP contribution in [0.25, 0.3) is 0 Å². The Balaban J connectivity index is 1.50. The Labute approximate surface area is 266 Å². The number of ether oxygens (including phenoxy) is 1. The molecule has 13 nitrogen and oxygen atoms in total. The Morgan fingerprint density at radius 3 is 2.09 bits per heavy atom. The van der Waals surface area contributed by atoms with E-state index in [0.717, 1.165) is 38.5 Å². The minimum absolute atomic E-state index is 0.127. The number of rotatable bonds is 11. The molecule has 0 spiro atoms. The van der Waals surface area contributed by atoms with E-state index in [-0.39, 0.29) is 24.3 Å². The number of carbonyl (C=O) groups is 5. The van der Waals surface area contributed by atoms with Crippen LogP contribution in [-0.4, -0.2) is 95.8 Å². The van der Waals surface area contributed by atoms with Gasteiger partial charge in [0.2, 0.25) is 17.6 Å². The highest BCUT2D eigenvalue weighted by molar-refractivity contribution is 7.92. The molecule has 5 N–H and O–H groups in total. The number of morpholine rings is 1. The van der Waals surface area contributed by atoms with Gasteiger partial charge in [0.1, 0.15) is 24.3 Å². The summed E-state index contributed by atoms with van der Waals surface area (Å²) in [7, 11) is -3.56. The molecule has 4 aliphatic rings. The summed E-state index contributed by atoms with van der Waals surface area (Å²) < 4.78 is 31.0. The highest BCUT2D eigenvalue weighted by Crippen LogP contribution is 2.39. The quantitative estimate of drug-likeness (QED) is 0.189. The van der Waals surface area contributed by atoms with Crippen LogP contribution in [0.4, 0.5) is 4.79 Å². The molecule has 4 fully saturated rings. The van der Waals surface area contributed by atoms with E-state index in [4.69, 9.17) is 10.5 Å². The number of carbonyl (C=O) groups excluding carboxylic acids is 5. The predicted octanol–water partition coefficient (Wildman–Crippen LogP) is 1.32. The average molecular weight is 654 g/mol. The molecule has 0 aromatic rings. The largest absolute Gasteiger partial charge is 0.365 e. The zero-order chi connectivity index (χ0) is 33.5. The molecule has 0 bridgehead atoms. The molecule has 0 radical (unpaired) electrons. The fourth-order valence-electron chi connectivity index (χ4n) is 6.64. The highest BCUT2D eigenvalue weighted by Gasteiger charge is 2.60. The predicted molar refractivity (Wildman–Crippen MR) is 167 cm³/mol. The van der Waals surface area contributed by atoms with Crippen LogP contribution < -0.4 is 21.7 Å². The van der Waals surface area contributed by atoms with Gasteiger partial charge in [0.25, 0.3) is 5.91 Å². The third kappa shape index (κ3) is 7.98. The molecule has 5 atom stereocenters. The third-order valence-electron chi connectivity index (χ3n) is 9.84. The smallest absolute Gasteiger partial charge is 0.315 e. The first kappa shape index (κ1) is 35.1. The minimum Gasteiger partial charge on any atom is -0.365 e. The van der Waals surface area contributed by atoms with Crippen LogP contribution in [0.15, 0.2) is 0 Å². The summed E-state index contributed by atoms with van der Waals surface area (Å²) in [5.41, 5.74) is 3.52. The molecule has 5 amide bonds. The first-order chi connectivity index (χ1) is 20.7. The number of likely N-dealkylation sites (tertiary alicyclic amines) is 1. The summed E-state index contributed by atoms with van der Waals surface area (Å²) >= 11 is 0. The lowest BCUT2D eigenvalue weighted by atomic mass is 9.80. The molecule has 2 saturated carbocycles. The maximum atomic E-state index is 14.1. The second kappa shape index (κ2) is 12.8. The van der Waals surface area contributed by atoms with Crippen LogP contribution >= 0.6 is 0 Å². The van der Waals surface area contributed by atoms with Gasteiger partial charge in [0.05, 0.1) is 28.6 Å². The Kier molecular flexibility index (Phi) is 10.00. The number of urea groups is 1. The van der Waals surface area contributed by atoms with E-state index in [2.05, 4.69) is 16.0 Å². The summed E-state index contributed by atoms with van der Waals surface area (Å²) in [6.45, 7) is 10.4. The fraction of sp³-hybridized carbons (Fsp3) is 0.839. The molecule has 4 rings (SSSR count). The number of amides is 5. The van der Waals surface area contributed by atoms with E-state index in [1.807, 2.05) is 0 Å². The molecule has 14 heteroatoms. The van der Waals surface area contributed by atoms with Crippen LogP contribution in [0.3, 0.4) is 0 Å². The summed E-state index contributed by atoms with van der Waals surface area (Å²) in [5, 5.41) is 8.44. The Hall–Kier alpha value is -2.74. The van der Waals surface area contributed by atoms with Gasteiger partial charge in [-0.2, -0.15) is 0 Å². The van der Waals surface area contributed by atoms with Crippen molar-refractivity contribution in [3.05, 3.63) is 0 Å². The second-order valence-electron chi connectivity index (χ2n) is 15.5. The van der Waals surface area contributed by atoms with Crippen molar-refractivity contribution in [2.24, 2.45) is 17.1 Å². The number of Topliss-reactive ketones (excluding diaryl/α,β-unsaturated/α-hetero) is 1. The van der Waals surface area contributed by atoms with E-state index in [1.54, 1.807) is 41.5 Å². The topological polar surface area (TPSA) is 197 Å². The number of sulfone groups is 1. The normalized spacial score (nSPS) is 26.1. The summed E-state index contributed by atoms with van der Waals surface area (Å²) in [5.74, 6) is -3.12. The van der Waals surface area contributed by atoms with Gasteiger partial charge in [0.15, 0.2) is 9.84 Å². The van der Waals surface area contributed by atoms with Crippen molar-refractivity contribution >= 4 is 39.4 Å². The Morgan fingerprint density at radius 1 is 0.956 bits per heavy atom. The summed E-state index contributed by atoms with van der Waals surface area (Å²) in [6, 6.07) is -3.86. The van der Waals surface area contributed by atoms with Gasteiger partial charge in [0, 0.05) is 0 Å². The highest BCUT2D eigenvalue weighted by atomic mass is 32.2. The number of nitrogens with zero attached hydrogens (tertiary/aromatic N) is 1. The SMILES string of the molecule is CC(C)(C)[C@H](NC(=O)NC1(CS(=O)(=O)C(C)(C)C)CCCCC1)C(=O)N1CC2O[C@@H]2[C@H]1C(=O)NC(CC1CCC1)C(=O)C(N)=O. The van der Waals surface area contributed by atoms with Crippen molar-refractivity contribution in [2.45, 2.75) is 140 Å². The van der Waals surface area contributed by atoms with Crippen LogP contribution in [0.1, 0.15) is 99.3 Å². The monoisotopic (exact) mass is 653 g/mol. The first-order valence-corrected chi connectivity index (χ1v) is 17.8. The van der Waals surface area contributed by atoms with Crippen molar-refractivity contribution < 1.29 is 37.1 Å². The lowest BCUT2D eigenvalue weighted by molar-refractivity contribution is -0.145. The molecule has 45 heavy (non-hydrogen) atoms. The van der Waals surface area contributed by atoms with Crippen LogP contribution in [0, 0.1) is 11.3 Å². The lowest BCUT2D eigenvalue weighted by Crippen LogP contribution is -2.64. The standard InChI is InChI=1S/C31H51N5O8S/c1-29(2,3)24(34-28(41)35-31(13-8-7-9-14-31)17-45(42,43)30(4,5)6)27(40)36-16-20-23(44-20)21(36)26(39)33-19(22(37)25(32)38)15-18-11-10-12-18/h18-21,23-24H,7-17H2,1-6H3,(H2,32,38)(H,33,39)(H2,34,35,41)/t19?,20?,21-,23-,24+/m0/s1. The van der Waals surface area contributed by atoms with E-state index in [9.17, 15) is 32.4 Å². The Morgan fingerprint density at radius 2 is 1.58 bits per heavy atom. The number of fused-ring (bicyclic) bond motifs is 1. The molecule has 254 valence electrons. The molecular formula is C31H51N5O8S. The molecule has 0 aromatic heterocycles. The zero-order valence-electron chi connectivity index (χ0n) is 27.4. The molecular weight excluding hydrogens is 602 g/mol. The third-order valence-corrected chi connectivity index (χ3v) is 12.6. The number of hydrogen-bond donors (Lipinski definition) is 4. The Bertz CT molecular complexity index is 1290. The van der Waals surface area contributed by atoms with Crippen LogP contribution in [0.5, 0.6) is 0 Å². The van der Waals surface area contributed by atoms with Crippen molar-refractivity contribution in [3.63, 3.8) is 0 Å². The van der Waals surface area contributed by atoms with Crippen molar-refractivity contribution in [1.29, 1.82) is 0 Å². The van der Waals surface area contributed by atoms with Gasteiger partial charge < -0.3 is 31.3 Å². The number of epoxide rings is 1. The lowest BCUT2D eigenvalue weighted by Gasteiger charge is -2.41. The van der Waals surface area contributed by atoms with Crippen molar-refractivity contribution in [1.82, 2.24) is 20.9 Å². The fourth-order valence-corrected chi connectivity index (χ4v) is 8.16. The van der Waals surface area contributed by atoms with Crippen LogP contribution in [0.2, 0.25) is 0 Å². The number of hydrogen-bond acceptors (Lipinski definition) is 8. The molecule has 2 aliphatic carbocycles. The van der Waals surface area contributed by atoms with Gasteiger partial charge >= 0.3 is 6.03 Å².